The van der Waals surface area contributed by atoms with Gasteiger partial charge in [-0.15, -0.1) is 0 Å². The van der Waals surface area contributed by atoms with E-state index in [-0.39, 0.29) is 0 Å². The van der Waals surface area contributed by atoms with Gasteiger partial charge in [-0.05, 0) is 100 Å². The van der Waals surface area contributed by atoms with Crippen molar-refractivity contribution in [1.29, 1.82) is 0 Å². The number of unbranched alkanes of at least 4 members (excludes halogenated alkanes) is 2. The summed E-state index contributed by atoms with van der Waals surface area (Å²) in [6.45, 7) is 16.1. The van der Waals surface area contributed by atoms with Crippen LogP contribution in [0.3, 0.4) is 0 Å². The Morgan fingerprint density at radius 3 is 1.60 bits per heavy atom. The summed E-state index contributed by atoms with van der Waals surface area (Å²) >= 11 is 0. The molecule has 0 aliphatic carbocycles. The van der Waals surface area contributed by atoms with Crippen molar-refractivity contribution in [2.24, 2.45) is 0 Å². The fourth-order valence-corrected chi connectivity index (χ4v) is 6.80. The van der Waals surface area contributed by atoms with Gasteiger partial charge in [0.1, 0.15) is 5.65 Å². The summed E-state index contributed by atoms with van der Waals surface area (Å²) in [6.07, 6.45) is 6.98. The van der Waals surface area contributed by atoms with E-state index >= 15 is 0 Å². The number of nitrogens with one attached hydrogen (secondary N) is 3. The number of fused-ring (bicyclic) bond motifs is 1. The third-order valence-electron chi connectivity index (χ3n) is 10.2. The van der Waals surface area contributed by atoms with Gasteiger partial charge in [0, 0.05) is 82.6 Å². The first kappa shape index (κ1) is 40.0. The van der Waals surface area contributed by atoms with Crippen LogP contribution in [0.4, 0.5) is 0 Å². The Hall–Kier alpha value is -4.17. The number of hydrogen-bond acceptors (Lipinski definition) is 9. The molecule has 0 amide bonds. The van der Waals surface area contributed by atoms with Crippen LogP contribution < -0.4 is 10.6 Å². The van der Waals surface area contributed by atoms with Gasteiger partial charge >= 0.3 is 11.9 Å². The van der Waals surface area contributed by atoms with Crippen molar-refractivity contribution in [2.75, 3.05) is 92.6 Å². The van der Waals surface area contributed by atoms with Gasteiger partial charge in [0.15, 0.2) is 0 Å². The number of carboxylic acid groups (broad SMARTS) is 2. The highest BCUT2D eigenvalue weighted by molar-refractivity contribution is 6.27. The maximum Gasteiger partial charge on any atom is 0.414 e. The van der Waals surface area contributed by atoms with Crippen LogP contribution in [0.2, 0.25) is 0 Å². The Balaban J connectivity index is 0.000000833. The lowest BCUT2D eigenvalue weighted by Gasteiger charge is -2.32. The first-order chi connectivity index (χ1) is 25.7. The van der Waals surface area contributed by atoms with Crippen molar-refractivity contribution in [3.05, 3.63) is 78.0 Å². The zero-order chi connectivity index (χ0) is 37.4. The summed E-state index contributed by atoms with van der Waals surface area (Å²) in [6, 6.07) is 22.3. The number of carbonyl (C=O) groups is 2. The van der Waals surface area contributed by atoms with Crippen LogP contribution in [-0.4, -0.2) is 144 Å². The van der Waals surface area contributed by atoms with Crippen LogP contribution in [0.15, 0.2) is 66.9 Å². The summed E-state index contributed by atoms with van der Waals surface area (Å²) in [7, 11) is 4.44. The smallest absolute Gasteiger partial charge is 0.414 e. The lowest BCUT2D eigenvalue weighted by molar-refractivity contribution is -0.159. The molecule has 286 valence electrons. The van der Waals surface area contributed by atoms with Crippen molar-refractivity contribution >= 4 is 23.0 Å². The largest absolute Gasteiger partial charge is 0.473 e. The van der Waals surface area contributed by atoms with Crippen molar-refractivity contribution in [3.8, 4) is 22.4 Å². The molecule has 2 aliphatic rings. The summed E-state index contributed by atoms with van der Waals surface area (Å²) in [5.41, 5.74) is 8.16. The number of aliphatic carboxylic acids is 2. The molecular formula is C41H58N8O4. The number of H-pyrrole nitrogens is 1. The summed E-state index contributed by atoms with van der Waals surface area (Å²) in [5.74, 6) is -3.65. The molecule has 0 atom stereocenters. The van der Waals surface area contributed by atoms with Gasteiger partial charge in [-0.25, -0.2) is 14.6 Å². The third-order valence-corrected chi connectivity index (χ3v) is 10.2. The minimum Gasteiger partial charge on any atom is -0.473 e. The molecule has 2 fully saturated rings. The van der Waals surface area contributed by atoms with Crippen molar-refractivity contribution in [3.63, 3.8) is 0 Å². The van der Waals surface area contributed by atoms with Crippen LogP contribution >= 0.6 is 0 Å². The molecule has 2 aromatic heterocycles. The molecule has 12 heteroatoms. The number of piperazine rings is 2. The molecule has 0 bridgehead atoms. The van der Waals surface area contributed by atoms with E-state index in [9.17, 15) is 0 Å². The molecule has 2 saturated heterocycles. The zero-order valence-electron chi connectivity index (χ0n) is 31.5. The van der Waals surface area contributed by atoms with Crippen molar-refractivity contribution < 1.29 is 19.8 Å². The van der Waals surface area contributed by atoms with Crippen LogP contribution in [0, 0.1) is 0 Å². The predicted octanol–water partition coefficient (Wildman–Crippen LogP) is 4.29. The van der Waals surface area contributed by atoms with Gasteiger partial charge in [0.2, 0.25) is 0 Å². The highest BCUT2D eigenvalue weighted by atomic mass is 16.4. The number of aromatic nitrogens is 2. The number of rotatable bonds is 16. The van der Waals surface area contributed by atoms with Gasteiger partial charge in [-0.3, -0.25) is 0 Å². The number of nitrogens with zero attached hydrogens (tertiary/aromatic N) is 5. The van der Waals surface area contributed by atoms with Gasteiger partial charge in [0.05, 0.1) is 5.69 Å². The minimum absolute atomic E-state index is 0.904. The number of pyridine rings is 1. The molecule has 2 aliphatic heterocycles. The Bertz CT molecular complexity index is 1680. The molecule has 6 rings (SSSR count). The van der Waals surface area contributed by atoms with Gasteiger partial charge in [-0.1, -0.05) is 48.5 Å². The standard InChI is InChI=1S/C39H56N8.C2H2O4/c1-44-21-25-46(26-22-44)19-5-3-16-40-30-32-7-11-34(12-8-32)37-29-38(43-39-36(37)15-18-42-39)35-13-9-33(10-14-35)31-41-17-4-6-20-47-27-23-45(2)24-28-47;3-1(4)2(5)6/h7-15,18,29,40-41H,3-6,16-17,19-28,30-31H2,1-2H3,(H,42,43);(H,3,4)(H,5,6). The Kier molecular flexibility index (Phi) is 15.8. The van der Waals surface area contributed by atoms with Gasteiger partial charge in [0.25, 0.3) is 0 Å². The summed E-state index contributed by atoms with van der Waals surface area (Å²) in [5, 5.41) is 23.2. The molecule has 0 unspecified atom stereocenters. The lowest BCUT2D eigenvalue weighted by Crippen LogP contribution is -2.44. The molecule has 2 aromatic carbocycles. The molecule has 0 saturated carbocycles. The lowest BCUT2D eigenvalue weighted by atomic mass is 9.99. The zero-order valence-corrected chi connectivity index (χ0v) is 31.5. The number of hydrogen-bond donors (Lipinski definition) is 5. The molecule has 12 nitrogen and oxygen atoms in total. The number of carboxylic acids is 2. The molecular weight excluding hydrogens is 669 g/mol. The van der Waals surface area contributed by atoms with Crippen LogP contribution in [0.25, 0.3) is 33.4 Å². The van der Waals surface area contributed by atoms with E-state index in [1.807, 2.05) is 6.20 Å². The monoisotopic (exact) mass is 726 g/mol. The van der Waals surface area contributed by atoms with Gasteiger partial charge in [-0.2, -0.15) is 0 Å². The first-order valence-electron chi connectivity index (χ1n) is 19.1. The number of likely N-dealkylation sites (N-methyl/N-ethyl adjacent to an activating group) is 2. The SMILES string of the molecule is CN1CCN(CCCCNCc2ccc(-c3cc(-c4ccc(CNCCCCN5CCN(C)CC5)cc4)c4cc[nH]c4n3)cc2)CC1.O=C(O)C(=O)O. The molecule has 0 spiro atoms. The second-order valence-electron chi connectivity index (χ2n) is 14.4. The third kappa shape index (κ3) is 13.0. The maximum absolute atomic E-state index is 9.10. The molecule has 53 heavy (non-hydrogen) atoms. The van der Waals surface area contributed by atoms with E-state index in [1.54, 1.807) is 0 Å². The highest BCUT2D eigenvalue weighted by Gasteiger charge is 2.14. The van der Waals surface area contributed by atoms with Crippen molar-refractivity contribution in [1.82, 2.24) is 40.2 Å². The average Bonchev–Trinajstić information content (AvgIpc) is 3.65. The highest BCUT2D eigenvalue weighted by Crippen LogP contribution is 2.32. The Labute approximate surface area is 314 Å². The average molecular weight is 727 g/mol. The topological polar surface area (TPSA) is 140 Å². The fourth-order valence-electron chi connectivity index (χ4n) is 6.80. The van der Waals surface area contributed by atoms with Crippen molar-refractivity contribution in [2.45, 2.75) is 38.8 Å². The molecule has 0 radical (unpaired) electrons. The van der Waals surface area contributed by atoms with E-state index in [2.05, 4.69) is 110 Å². The number of aromatic amines is 1. The number of benzene rings is 2. The Morgan fingerprint density at radius 2 is 1.13 bits per heavy atom. The summed E-state index contributed by atoms with van der Waals surface area (Å²) < 4.78 is 0. The quantitative estimate of drug-likeness (QED) is 0.0835. The fraction of sp³-hybridized carbons (Fsp3) is 0.488. The maximum atomic E-state index is 9.10. The van der Waals surface area contributed by atoms with E-state index in [0.717, 1.165) is 48.5 Å². The van der Waals surface area contributed by atoms with E-state index in [0.29, 0.717) is 0 Å². The second kappa shape index (κ2) is 20.9. The Morgan fingerprint density at radius 1 is 0.660 bits per heavy atom. The predicted molar refractivity (Wildman–Crippen MR) is 212 cm³/mol. The second-order valence-corrected chi connectivity index (χ2v) is 14.4. The van der Waals surface area contributed by atoms with E-state index in [4.69, 9.17) is 24.8 Å². The first-order valence-corrected chi connectivity index (χ1v) is 19.1. The minimum atomic E-state index is -1.82. The van der Waals surface area contributed by atoms with Crippen LogP contribution in [0.1, 0.15) is 36.8 Å². The molecule has 4 aromatic rings. The van der Waals surface area contributed by atoms with E-state index < -0.39 is 11.9 Å². The molecule has 5 N–H and O–H groups in total. The van der Waals surface area contributed by atoms with Gasteiger partial charge < -0.3 is 45.4 Å². The summed E-state index contributed by atoms with van der Waals surface area (Å²) in [4.78, 5) is 36.6. The van der Waals surface area contributed by atoms with Crippen LogP contribution in [-0.2, 0) is 22.7 Å². The van der Waals surface area contributed by atoms with E-state index in [1.165, 1.54) is 113 Å². The normalized spacial score (nSPS) is 16.0. The molecule has 4 heterocycles. The van der Waals surface area contributed by atoms with Crippen LogP contribution in [0.5, 0.6) is 0 Å².